The summed E-state index contributed by atoms with van der Waals surface area (Å²) < 4.78 is 0. The topological polar surface area (TPSA) is 85.2 Å². The highest BCUT2D eigenvalue weighted by atomic mass is 35.5. The maximum atomic E-state index is 11.6. The lowest BCUT2D eigenvalue weighted by atomic mass is 9.90. The molecule has 1 atom stereocenters. The van der Waals surface area contributed by atoms with Crippen molar-refractivity contribution in [2.24, 2.45) is 0 Å². The van der Waals surface area contributed by atoms with Gasteiger partial charge in [-0.05, 0) is 24.6 Å². The van der Waals surface area contributed by atoms with Crippen molar-refractivity contribution in [2.45, 2.75) is 12.5 Å². The van der Waals surface area contributed by atoms with Gasteiger partial charge in [-0.2, -0.15) is 5.48 Å². The van der Waals surface area contributed by atoms with Gasteiger partial charge in [-0.3, -0.25) is 4.79 Å². The number of benzene rings is 1. The van der Waals surface area contributed by atoms with Gasteiger partial charge in [0.15, 0.2) is 5.54 Å². The summed E-state index contributed by atoms with van der Waals surface area (Å²) in [7, 11) is 1.44. The highest BCUT2D eigenvalue weighted by Gasteiger charge is 2.37. The summed E-state index contributed by atoms with van der Waals surface area (Å²) in [5, 5.41) is 20.0. The van der Waals surface area contributed by atoms with Crippen molar-refractivity contribution in [3.05, 3.63) is 34.9 Å². The van der Waals surface area contributed by atoms with Gasteiger partial charge in [-0.25, -0.2) is 0 Å². The minimum atomic E-state index is -1.50. The Balaban J connectivity index is 3.09. The Morgan fingerprint density at radius 2 is 1.94 bits per heavy atom. The maximum Gasteiger partial charge on any atom is 0.248 e. The van der Waals surface area contributed by atoms with E-state index in [1.165, 1.54) is 14.0 Å². The third-order valence-corrected chi connectivity index (χ3v) is 2.79. The number of halogens is 1. The molecule has 1 amide bonds. The minimum absolute atomic E-state index is 0.0454. The van der Waals surface area contributed by atoms with Crippen LogP contribution < -0.4 is 10.8 Å². The molecule has 1 aromatic rings. The molecule has 0 aliphatic heterocycles. The summed E-state index contributed by atoms with van der Waals surface area (Å²) in [4.78, 5) is 11.6. The highest BCUT2D eigenvalue weighted by Crippen LogP contribution is 2.16. The quantitative estimate of drug-likeness (QED) is 0.482. The van der Waals surface area contributed by atoms with Crippen molar-refractivity contribution in [3.8, 4) is 0 Å². The first kappa shape index (κ1) is 13.6. The molecule has 0 bridgehead atoms. The van der Waals surface area contributed by atoms with Crippen LogP contribution in [0.15, 0.2) is 24.3 Å². The van der Waals surface area contributed by atoms with Crippen LogP contribution in [-0.2, 0) is 4.79 Å². The van der Waals surface area contributed by atoms with Crippen molar-refractivity contribution in [1.29, 1.82) is 5.41 Å². The van der Waals surface area contributed by atoms with Gasteiger partial charge >= 0.3 is 0 Å². The van der Waals surface area contributed by atoms with E-state index < -0.39 is 11.4 Å². The molecule has 0 aliphatic rings. The van der Waals surface area contributed by atoms with Crippen LogP contribution in [0.5, 0.6) is 0 Å². The number of carbonyl (C=O) groups excluding carboxylic acids is 1. The van der Waals surface area contributed by atoms with Gasteiger partial charge in [0.05, 0.1) is 5.71 Å². The number of hydrogen-bond acceptors (Lipinski definition) is 4. The van der Waals surface area contributed by atoms with Crippen LogP contribution in [0, 0.1) is 5.41 Å². The monoisotopic (exact) mass is 255 g/mol. The molecule has 0 heterocycles. The largest absolute Gasteiger partial charge is 0.357 e. The normalized spacial score (nSPS) is 13.9. The van der Waals surface area contributed by atoms with Gasteiger partial charge in [0, 0.05) is 12.1 Å². The second-order valence-electron chi connectivity index (χ2n) is 3.70. The molecule has 0 fully saturated rings. The number of likely N-dealkylation sites (N-methyl/N-ethyl adjacent to an activating group) is 1. The molecular weight excluding hydrogens is 242 g/mol. The summed E-state index contributed by atoms with van der Waals surface area (Å²) in [6.07, 6.45) is 0. The summed E-state index contributed by atoms with van der Waals surface area (Å²) in [5.74, 6) is -0.500. The lowest BCUT2D eigenvalue weighted by Gasteiger charge is -2.26. The Morgan fingerprint density at radius 3 is 2.35 bits per heavy atom. The molecule has 17 heavy (non-hydrogen) atoms. The molecule has 0 saturated carbocycles. The third-order valence-electron chi connectivity index (χ3n) is 2.54. The Hall–Kier alpha value is -1.43. The molecule has 4 N–H and O–H groups in total. The Bertz CT molecular complexity index is 433. The molecule has 0 aliphatic carbocycles. The van der Waals surface area contributed by atoms with Crippen LogP contribution >= 0.6 is 11.6 Å². The lowest BCUT2D eigenvalue weighted by molar-refractivity contribution is -0.127. The van der Waals surface area contributed by atoms with E-state index >= 15 is 0 Å². The molecule has 0 spiro atoms. The molecule has 0 aromatic heterocycles. The van der Waals surface area contributed by atoms with Crippen LogP contribution in [0.4, 0.5) is 0 Å². The zero-order valence-corrected chi connectivity index (χ0v) is 10.3. The standard InChI is InChI=1S/C11H14ClN3O2/c1-11(15-17,10(16)14-2)9(13)7-3-5-8(12)6-4-7/h3-6,13,15,17H,1-2H3,(H,14,16). The first-order valence-corrected chi connectivity index (χ1v) is 5.32. The van der Waals surface area contributed by atoms with E-state index in [4.69, 9.17) is 22.2 Å². The summed E-state index contributed by atoms with van der Waals surface area (Å²) in [5.41, 5.74) is 0.832. The van der Waals surface area contributed by atoms with Crippen LogP contribution in [0.25, 0.3) is 0 Å². The van der Waals surface area contributed by atoms with E-state index in [2.05, 4.69) is 5.32 Å². The number of amides is 1. The number of rotatable bonds is 4. The predicted octanol–water partition coefficient (Wildman–Crippen LogP) is 1.19. The first-order valence-electron chi connectivity index (χ1n) is 4.94. The van der Waals surface area contributed by atoms with Crippen molar-refractivity contribution in [1.82, 2.24) is 10.8 Å². The van der Waals surface area contributed by atoms with Crippen molar-refractivity contribution >= 4 is 23.2 Å². The smallest absolute Gasteiger partial charge is 0.248 e. The lowest BCUT2D eigenvalue weighted by Crippen LogP contribution is -2.58. The molecule has 0 saturated heterocycles. The Kier molecular flexibility index (Phi) is 4.22. The summed E-state index contributed by atoms with van der Waals surface area (Å²) in [6.45, 7) is 1.42. The van der Waals surface area contributed by atoms with E-state index in [-0.39, 0.29) is 5.71 Å². The molecule has 0 radical (unpaired) electrons. The Labute approximate surface area is 104 Å². The van der Waals surface area contributed by atoms with E-state index in [0.29, 0.717) is 10.6 Å². The van der Waals surface area contributed by atoms with E-state index in [9.17, 15) is 4.79 Å². The van der Waals surface area contributed by atoms with E-state index in [1.54, 1.807) is 24.3 Å². The molecule has 5 nitrogen and oxygen atoms in total. The molecule has 6 heteroatoms. The third kappa shape index (κ3) is 2.63. The fourth-order valence-corrected chi connectivity index (χ4v) is 1.50. The fourth-order valence-electron chi connectivity index (χ4n) is 1.38. The predicted molar refractivity (Wildman–Crippen MR) is 65.7 cm³/mol. The highest BCUT2D eigenvalue weighted by molar-refractivity contribution is 6.30. The van der Waals surface area contributed by atoms with Crippen LogP contribution in [0.2, 0.25) is 5.02 Å². The van der Waals surface area contributed by atoms with E-state index in [1.807, 2.05) is 5.48 Å². The molecule has 1 aromatic carbocycles. The second-order valence-corrected chi connectivity index (χ2v) is 4.13. The number of hydroxylamine groups is 1. The molecular formula is C11H14ClN3O2. The maximum absolute atomic E-state index is 11.6. The van der Waals surface area contributed by atoms with Gasteiger partial charge in [-0.1, -0.05) is 23.7 Å². The first-order chi connectivity index (χ1) is 7.95. The summed E-state index contributed by atoms with van der Waals surface area (Å²) >= 11 is 5.74. The zero-order chi connectivity index (χ0) is 13.1. The minimum Gasteiger partial charge on any atom is -0.357 e. The van der Waals surface area contributed by atoms with Gasteiger partial charge < -0.3 is 15.9 Å². The van der Waals surface area contributed by atoms with Crippen molar-refractivity contribution < 1.29 is 10.0 Å². The average molecular weight is 256 g/mol. The Morgan fingerprint density at radius 1 is 1.41 bits per heavy atom. The summed E-state index contributed by atoms with van der Waals surface area (Å²) in [6, 6.07) is 6.46. The van der Waals surface area contributed by atoms with E-state index in [0.717, 1.165) is 0 Å². The van der Waals surface area contributed by atoms with Crippen molar-refractivity contribution in [3.63, 3.8) is 0 Å². The van der Waals surface area contributed by atoms with Crippen LogP contribution in [0.1, 0.15) is 12.5 Å². The van der Waals surface area contributed by atoms with Gasteiger partial charge in [0.2, 0.25) is 5.91 Å². The van der Waals surface area contributed by atoms with Gasteiger partial charge in [0.1, 0.15) is 0 Å². The number of nitrogens with one attached hydrogen (secondary N) is 3. The second kappa shape index (κ2) is 5.27. The zero-order valence-electron chi connectivity index (χ0n) is 9.54. The molecule has 1 unspecified atom stereocenters. The molecule has 92 valence electrons. The van der Waals surface area contributed by atoms with Gasteiger partial charge in [-0.15, -0.1) is 0 Å². The number of carbonyl (C=O) groups is 1. The van der Waals surface area contributed by atoms with Crippen LogP contribution in [0.3, 0.4) is 0 Å². The molecule has 1 rings (SSSR count). The number of hydrogen-bond donors (Lipinski definition) is 4. The van der Waals surface area contributed by atoms with Crippen molar-refractivity contribution in [2.75, 3.05) is 7.05 Å². The average Bonchev–Trinajstić information content (AvgIpc) is 2.36. The SMILES string of the molecule is CNC(=O)C(C)(NO)C(=N)c1ccc(Cl)cc1. The van der Waals surface area contributed by atoms with Crippen LogP contribution in [-0.4, -0.2) is 29.4 Å². The van der Waals surface area contributed by atoms with Gasteiger partial charge in [0.25, 0.3) is 0 Å². The fraction of sp³-hybridized carbons (Fsp3) is 0.273.